The topological polar surface area (TPSA) is 36.4 Å². The van der Waals surface area contributed by atoms with Gasteiger partial charge in [-0.3, -0.25) is 9.78 Å². The van der Waals surface area contributed by atoms with Crippen molar-refractivity contribution >= 4 is 17.7 Å². The van der Waals surface area contributed by atoms with Gasteiger partial charge in [-0.1, -0.05) is 19.4 Å². The molecule has 134 valence electrons. The molecule has 1 aromatic rings. The van der Waals surface area contributed by atoms with Crippen LogP contribution in [0.5, 0.6) is 0 Å². The second kappa shape index (κ2) is 10.7. The van der Waals surface area contributed by atoms with E-state index in [9.17, 15) is 4.79 Å². The first-order valence-corrected chi connectivity index (χ1v) is 10.3. The predicted molar refractivity (Wildman–Crippen MR) is 102 cm³/mol. The van der Waals surface area contributed by atoms with Crippen molar-refractivity contribution in [2.75, 3.05) is 39.0 Å². The molecule has 0 aliphatic carbocycles. The summed E-state index contributed by atoms with van der Waals surface area (Å²) in [5, 5.41) is 0. The smallest absolute Gasteiger partial charge is 0.232 e. The van der Waals surface area contributed by atoms with E-state index in [4.69, 9.17) is 0 Å². The minimum absolute atomic E-state index is 0.293. The molecule has 0 radical (unpaired) electrons. The van der Waals surface area contributed by atoms with E-state index in [1.54, 1.807) is 18.0 Å². The summed E-state index contributed by atoms with van der Waals surface area (Å²) in [6.45, 7) is 6.47. The maximum atomic E-state index is 12.3. The van der Waals surface area contributed by atoms with Gasteiger partial charge in [-0.25, -0.2) is 0 Å². The van der Waals surface area contributed by atoms with E-state index >= 15 is 0 Å². The molecule has 1 aromatic heterocycles. The molecule has 0 aromatic carbocycles. The molecule has 4 nitrogen and oxygen atoms in total. The Morgan fingerprint density at radius 1 is 1.42 bits per heavy atom. The third kappa shape index (κ3) is 6.81. The summed E-state index contributed by atoms with van der Waals surface area (Å²) in [6.07, 6.45) is 8.49. The maximum Gasteiger partial charge on any atom is 0.232 e. The van der Waals surface area contributed by atoms with Crippen LogP contribution >= 0.6 is 11.8 Å². The largest absolute Gasteiger partial charge is 0.342 e. The summed E-state index contributed by atoms with van der Waals surface area (Å²) in [4.78, 5) is 21.0. The number of pyridine rings is 1. The van der Waals surface area contributed by atoms with Gasteiger partial charge in [0.15, 0.2) is 0 Å². The highest BCUT2D eigenvalue weighted by Gasteiger charge is 2.23. The molecule has 0 spiro atoms. The third-order valence-corrected chi connectivity index (χ3v) is 5.64. The average molecular weight is 350 g/mol. The van der Waals surface area contributed by atoms with Crippen LogP contribution in [0.25, 0.3) is 0 Å². The lowest BCUT2D eigenvalue weighted by molar-refractivity contribution is -0.129. The first-order chi connectivity index (χ1) is 11.7. The van der Waals surface area contributed by atoms with Crippen LogP contribution in [0.2, 0.25) is 0 Å². The van der Waals surface area contributed by atoms with Crippen LogP contribution < -0.4 is 0 Å². The van der Waals surface area contributed by atoms with Crippen molar-refractivity contribution in [3.63, 3.8) is 0 Å². The first-order valence-electron chi connectivity index (χ1n) is 9.12. The molecule has 0 saturated carbocycles. The average Bonchev–Trinajstić information content (AvgIpc) is 2.61. The van der Waals surface area contributed by atoms with E-state index in [0.717, 1.165) is 37.6 Å². The monoisotopic (exact) mass is 349 g/mol. The predicted octanol–water partition coefficient (Wildman–Crippen LogP) is 3.29. The van der Waals surface area contributed by atoms with Crippen molar-refractivity contribution in [2.24, 2.45) is 5.92 Å². The summed E-state index contributed by atoms with van der Waals surface area (Å²) in [5.41, 5.74) is 1.18. The van der Waals surface area contributed by atoms with Gasteiger partial charge in [0.05, 0.1) is 5.75 Å². The van der Waals surface area contributed by atoms with Crippen LogP contribution in [0, 0.1) is 5.92 Å². The van der Waals surface area contributed by atoms with Crippen LogP contribution in [0.15, 0.2) is 24.5 Å². The summed E-state index contributed by atoms with van der Waals surface area (Å²) in [6, 6.07) is 4.00. The Morgan fingerprint density at radius 3 is 2.88 bits per heavy atom. The van der Waals surface area contributed by atoms with Gasteiger partial charge in [0.1, 0.15) is 0 Å². The lowest BCUT2D eigenvalue weighted by atomic mass is 9.96. The van der Waals surface area contributed by atoms with Gasteiger partial charge in [-0.2, -0.15) is 0 Å². The molecule has 1 saturated heterocycles. The van der Waals surface area contributed by atoms with Crippen molar-refractivity contribution < 1.29 is 4.79 Å². The van der Waals surface area contributed by atoms with Gasteiger partial charge in [-0.05, 0) is 50.4 Å². The van der Waals surface area contributed by atoms with Crippen LogP contribution in [-0.4, -0.2) is 59.7 Å². The van der Waals surface area contributed by atoms with Crippen molar-refractivity contribution in [1.29, 1.82) is 0 Å². The fraction of sp³-hybridized carbons (Fsp3) is 0.684. The molecule has 1 aliphatic rings. The quantitative estimate of drug-likeness (QED) is 0.685. The Bertz CT molecular complexity index is 475. The normalized spacial score (nSPS) is 15.9. The number of piperidine rings is 1. The molecule has 2 rings (SSSR count). The molecule has 1 fully saturated rings. The summed E-state index contributed by atoms with van der Waals surface area (Å²) in [7, 11) is 2.22. The molecule has 1 amide bonds. The molecule has 0 atom stereocenters. The second-order valence-electron chi connectivity index (χ2n) is 6.79. The fourth-order valence-corrected chi connectivity index (χ4v) is 4.02. The van der Waals surface area contributed by atoms with E-state index in [-0.39, 0.29) is 0 Å². The zero-order valence-corrected chi connectivity index (χ0v) is 15.9. The maximum absolute atomic E-state index is 12.3. The lowest BCUT2D eigenvalue weighted by Gasteiger charge is -2.34. The number of carbonyl (C=O) groups is 1. The van der Waals surface area contributed by atoms with Gasteiger partial charge in [0.25, 0.3) is 0 Å². The standard InChI is InChI=1S/C19H31N3OS/c1-3-4-10-21(2)14-17-7-11-22(12-8-17)19(23)16-24-15-18-6-5-9-20-13-18/h5-6,9,13,17H,3-4,7-8,10-12,14-16H2,1-2H3. The first kappa shape index (κ1) is 19.3. The molecule has 24 heavy (non-hydrogen) atoms. The third-order valence-electron chi connectivity index (χ3n) is 4.65. The van der Waals surface area contributed by atoms with Crippen molar-refractivity contribution in [2.45, 2.75) is 38.4 Å². The van der Waals surface area contributed by atoms with Crippen molar-refractivity contribution in [3.8, 4) is 0 Å². The Morgan fingerprint density at radius 2 is 2.21 bits per heavy atom. The Balaban J connectivity index is 1.61. The lowest BCUT2D eigenvalue weighted by Crippen LogP contribution is -2.41. The molecular formula is C19H31N3OS. The number of aromatic nitrogens is 1. The van der Waals surface area contributed by atoms with Crippen LogP contribution in [0.3, 0.4) is 0 Å². The number of unbranched alkanes of at least 4 members (excludes halogenated alkanes) is 1. The molecule has 0 bridgehead atoms. The second-order valence-corrected chi connectivity index (χ2v) is 7.78. The number of hydrogen-bond acceptors (Lipinski definition) is 4. The molecule has 1 aliphatic heterocycles. The van der Waals surface area contributed by atoms with Crippen LogP contribution in [0.1, 0.15) is 38.2 Å². The van der Waals surface area contributed by atoms with E-state index < -0.39 is 0 Å². The van der Waals surface area contributed by atoms with Crippen LogP contribution in [0.4, 0.5) is 0 Å². The number of amides is 1. The number of carbonyl (C=O) groups excluding carboxylic acids is 1. The molecular weight excluding hydrogens is 318 g/mol. The van der Waals surface area contributed by atoms with Crippen LogP contribution in [-0.2, 0) is 10.5 Å². The van der Waals surface area contributed by atoms with Gasteiger partial charge in [0.2, 0.25) is 5.91 Å². The summed E-state index contributed by atoms with van der Waals surface area (Å²) in [5.74, 6) is 2.48. The van der Waals surface area contributed by atoms with E-state index in [0.29, 0.717) is 11.7 Å². The van der Waals surface area contributed by atoms with Gasteiger partial charge in [0, 0.05) is 37.8 Å². The number of nitrogens with zero attached hydrogens (tertiary/aromatic N) is 3. The molecule has 5 heteroatoms. The minimum Gasteiger partial charge on any atom is -0.342 e. The van der Waals surface area contributed by atoms with Gasteiger partial charge >= 0.3 is 0 Å². The Hall–Kier alpha value is -1.07. The highest BCUT2D eigenvalue weighted by Crippen LogP contribution is 2.20. The number of rotatable bonds is 9. The number of hydrogen-bond donors (Lipinski definition) is 0. The highest BCUT2D eigenvalue weighted by molar-refractivity contribution is 7.99. The SMILES string of the molecule is CCCCN(C)CC1CCN(C(=O)CSCc2cccnc2)CC1. The summed E-state index contributed by atoms with van der Waals surface area (Å²) < 4.78 is 0. The molecule has 2 heterocycles. The van der Waals surface area contributed by atoms with Gasteiger partial charge < -0.3 is 9.80 Å². The summed E-state index contributed by atoms with van der Waals surface area (Å²) >= 11 is 1.69. The number of thioether (sulfide) groups is 1. The molecule has 0 unspecified atom stereocenters. The van der Waals surface area contributed by atoms with E-state index in [1.165, 1.54) is 31.5 Å². The van der Waals surface area contributed by atoms with E-state index in [1.807, 2.05) is 12.3 Å². The van der Waals surface area contributed by atoms with Gasteiger partial charge in [-0.15, -0.1) is 11.8 Å². The minimum atomic E-state index is 0.293. The Labute approximate surface area is 151 Å². The highest BCUT2D eigenvalue weighted by atomic mass is 32.2. The number of likely N-dealkylation sites (tertiary alicyclic amines) is 1. The van der Waals surface area contributed by atoms with Crippen molar-refractivity contribution in [1.82, 2.24) is 14.8 Å². The van der Waals surface area contributed by atoms with E-state index in [2.05, 4.69) is 34.8 Å². The Kier molecular flexibility index (Phi) is 8.60. The fourth-order valence-electron chi connectivity index (χ4n) is 3.16. The van der Waals surface area contributed by atoms with Crippen molar-refractivity contribution in [3.05, 3.63) is 30.1 Å². The zero-order valence-electron chi connectivity index (χ0n) is 15.1. The zero-order chi connectivity index (χ0) is 17.2. The molecule has 0 N–H and O–H groups in total.